The van der Waals surface area contributed by atoms with E-state index >= 15 is 0 Å². The summed E-state index contributed by atoms with van der Waals surface area (Å²) in [6.45, 7) is 2.88. The maximum absolute atomic E-state index is 13.0. The molecule has 2 aromatic rings. The maximum atomic E-state index is 13.0. The largest absolute Gasteiger partial charge is 0.343 e. The van der Waals surface area contributed by atoms with Gasteiger partial charge in [0.2, 0.25) is 5.91 Å². The molecule has 0 atom stereocenters. The first-order valence-electron chi connectivity index (χ1n) is 9.80. The number of amides is 1. The second-order valence-corrected chi connectivity index (χ2v) is 7.29. The summed E-state index contributed by atoms with van der Waals surface area (Å²) in [6, 6.07) is 20.8. The van der Waals surface area contributed by atoms with Crippen molar-refractivity contribution in [2.45, 2.75) is 31.6 Å². The molecule has 3 nitrogen and oxygen atoms in total. The monoisotopic (exact) mass is 350 g/mol. The van der Waals surface area contributed by atoms with Crippen LogP contribution in [0.15, 0.2) is 60.7 Å². The third-order valence-electron chi connectivity index (χ3n) is 5.55. The van der Waals surface area contributed by atoms with E-state index in [1.54, 1.807) is 0 Å². The standard InChI is InChI=1S/C23H30N2O/c1-24-15-12-19-13-16-25(17-14-19)23(26)18-22(20-8-4-2-5-9-20)21-10-6-3-7-11-21/h2-11,19,22,24H,12-18H2,1H3. The zero-order valence-electron chi connectivity index (χ0n) is 15.7. The van der Waals surface area contributed by atoms with Gasteiger partial charge in [-0.3, -0.25) is 4.79 Å². The molecule has 0 aromatic heterocycles. The predicted molar refractivity (Wildman–Crippen MR) is 107 cm³/mol. The zero-order valence-corrected chi connectivity index (χ0v) is 15.7. The van der Waals surface area contributed by atoms with Crippen molar-refractivity contribution in [2.75, 3.05) is 26.7 Å². The second kappa shape index (κ2) is 9.54. The van der Waals surface area contributed by atoms with Gasteiger partial charge in [0, 0.05) is 25.4 Å². The number of nitrogens with zero attached hydrogens (tertiary/aromatic N) is 1. The van der Waals surface area contributed by atoms with E-state index in [2.05, 4.69) is 58.7 Å². The normalized spacial score (nSPS) is 15.4. The summed E-state index contributed by atoms with van der Waals surface area (Å²) in [5, 5.41) is 3.23. The lowest BCUT2D eigenvalue weighted by Gasteiger charge is -2.33. The number of hydrogen-bond donors (Lipinski definition) is 1. The van der Waals surface area contributed by atoms with Crippen LogP contribution in [0.25, 0.3) is 0 Å². The number of carbonyl (C=O) groups is 1. The molecule has 2 aromatic carbocycles. The zero-order chi connectivity index (χ0) is 18.2. The fourth-order valence-electron chi connectivity index (χ4n) is 3.92. The Morgan fingerprint density at radius 3 is 2.04 bits per heavy atom. The number of rotatable bonds is 7. The van der Waals surface area contributed by atoms with E-state index < -0.39 is 0 Å². The highest BCUT2D eigenvalue weighted by atomic mass is 16.2. The van der Waals surface area contributed by atoms with Gasteiger partial charge in [-0.15, -0.1) is 0 Å². The summed E-state index contributed by atoms with van der Waals surface area (Å²) >= 11 is 0. The number of piperidine rings is 1. The van der Waals surface area contributed by atoms with Crippen LogP contribution in [0.5, 0.6) is 0 Å². The van der Waals surface area contributed by atoms with Gasteiger partial charge in [-0.1, -0.05) is 60.7 Å². The Balaban J connectivity index is 1.65. The molecule has 1 saturated heterocycles. The number of nitrogens with one attached hydrogen (secondary N) is 1. The minimum absolute atomic E-state index is 0.131. The van der Waals surface area contributed by atoms with Gasteiger partial charge in [0.05, 0.1) is 0 Å². The number of likely N-dealkylation sites (tertiary alicyclic amines) is 1. The highest BCUT2D eigenvalue weighted by Crippen LogP contribution is 2.29. The molecule has 0 spiro atoms. The van der Waals surface area contributed by atoms with Crippen molar-refractivity contribution >= 4 is 5.91 Å². The fraction of sp³-hybridized carbons (Fsp3) is 0.435. The Morgan fingerprint density at radius 2 is 1.54 bits per heavy atom. The summed E-state index contributed by atoms with van der Waals surface area (Å²) in [7, 11) is 2.01. The van der Waals surface area contributed by atoms with E-state index in [1.165, 1.54) is 17.5 Å². The minimum Gasteiger partial charge on any atom is -0.343 e. The third kappa shape index (κ3) is 4.95. The van der Waals surface area contributed by atoms with E-state index in [0.717, 1.165) is 38.4 Å². The number of hydrogen-bond acceptors (Lipinski definition) is 2. The van der Waals surface area contributed by atoms with Crippen molar-refractivity contribution in [2.24, 2.45) is 5.92 Å². The van der Waals surface area contributed by atoms with Gasteiger partial charge in [0.25, 0.3) is 0 Å². The molecular formula is C23H30N2O. The molecular weight excluding hydrogens is 320 g/mol. The van der Waals surface area contributed by atoms with Crippen LogP contribution in [-0.2, 0) is 4.79 Å². The van der Waals surface area contributed by atoms with Gasteiger partial charge in [-0.05, 0) is 49.9 Å². The molecule has 1 N–H and O–H groups in total. The average Bonchev–Trinajstić information content (AvgIpc) is 2.72. The van der Waals surface area contributed by atoms with Crippen LogP contribution in [0, 0.1) is 5.92 Å². The maximum Gasteiger partial charge on any atom is 0.223 e. The van der Waals surface area contributed by atoms with Crippen molar-refractivity contribution in [3.05, 3.63) is 71.8 Å². The first kappa shape index (κ1) is 18.7. The molecule has 0 bridgehead atoms. The molecule has 3 rings (SSSR count). The molecule has 26 heavy (non-hydrogen) atoms. The lowest BCUT2D eigenvalue weighted by atomic mass is 9.87. The highest BCUT2D eigenvalue weighted by Gasteiger charge is 2.25. The Hall–Kier alpha value is -2.13. The minimum atomic E-state index is 0.131. The van der Waals surface area contributed by atoms with Crippen molar-refractivity contribution in [1.29, 1.82) is 0 Å². The van der Waals surface area contributed by atoms with E-state index in [0.29, 0.717) is 6.42 Å². The molecule has 1 heterocycles. The van der Waals surface area contributed by atoms with Crippen LogP contribution in [-0.4, -0.2) is 37.5 Å². The molecule has 1 aliphatic heterocycles. The molecule has 0 unspecified atom stereocenters. The first-order chi connectivity index (χ1) is 12.8. The van der Waals surface area contributed by atoms with Gasteiger partial charge >= 0.3 is 0 Å². The van der Waals surface area contributed by atoms with Crippen molar-refractivity contribution in [3.63, 3.8) is 0 Å². The summed E-state index contributed by atoms with van der Waals surface area (Å²) in [5.41, 5.74) is 2.44. The molecule has 3 heteroatoms. The Labute approximate surface area is 157 Å². The number of benzene rings is 2. The van der Waals surface area contributed by atoms with Gasteiger partial charge in [-0.25, -0.2) is 0 Å². The summed E-state index contributed by atoms with van der Waals surface area (Å²) in [4.78, 5) is 15.1. The van der Waals surface area contributed by atoms with Crippen LogP contribution in [0.2, 0.25) is 0 Å². The summed E-state index contributed by atoms with van der Waals surface area (Å²) < 4.78 is 0. The Kier molecular flexibility index (Phi) is 6.84. The summed E-state index contributed by atoms with van der Waals surface area (Å²) in [5.74, 6) is 1.17. The number of carbonyl (C=O) groups excluding carboxylic acids is 1. The summed E-state index contributed by atoms with van der Waals surface area (Å²) in [6.07, 6.45) is 4.04. The van der Waals surface area contributed by atoms with Gasteiger partial charge < -0.3 is 10.2 Å². The lowest BCUT2D eigenvalue weighted by molar-refractivity contribution is -0.132. The molecule has 0 aliphatic carbocycles. The van der Waals surface area contributed by atoms with Crippen molar-refractivity contribution in [3.8, 4) is 0 Å². The van der Waals surface area contributed by atoms with E-state index in [1.807, 2.05) is 19.2 Å². The molecule has 0 saturated carbocycles. The van der Waals surface area contributed by atoms with Crippen LogP contribution in [0.1, 0.15) is 42.7 Å². The van der Waals surface area contributed by atoms with Crippen LogP contribution >= 0.6 is 0 Å². The predicted octanol–water partition coefficient (Wildman–Crippen LogP) is 4.06. The second-order valence-electron chi connectivity index (χ2n) is 7.29. The smallest absolute Gasteiger partial charge is 0.223 e. The fourth-order valence-corrected chi connectivity index (χ4v) is 3.92. The molecule has 138 valence electrons. The molecule has 1 aliphatic rings. The Bertz CT molecular complexity index is 624. The van der Waals surface area contributed by atoms with Crippen LogP contribution < -0.4 is 5.32 Å². The lowest BCUT2D eigenvalue weighted by Crippen LogP contribution is -2.39. The third-order valence-corrected chi connectivity index (χ3v) is 5.55. The van der Waals surface area contributed by atoms with E-state index in [4.69, 9.17) is 0 Å². The molecule has 1 amide bonds. The van der Waals surface area contributed by atoms with Crippen molar-refractivity contribution in [1.82, 2.24) is 10.2 Å². The van der Waals surface area contributed by atoms with E-state index in [9.17, 15) is 4.79 Å². The quantitative estimate of drug-likeness (QED) is 0.817. The van der Waals surface area contributed by atoms with Gasteiger partial charge in [0.1, 0.15) is 0 Å². The van der Waals surface area contributed by atoms with Crippen molar-refractivity contribution < 1.29 is 4.79 Å². The first-order valence-corrected chi connectivity index (χ1v) is 9.80. The molecule has 1 fully saturated rings. The Morgan fingerprint density at radius 1 is 1.00 bits per heavy atom. The van der Waals surface area contributed by atoms with Crippen LogP contribution in [0.3, 0.4) is 0 Å². The SMILES string of the molecule is CNCCC1CCN(C(=O)CC(c2ccccc2)c2ccccc2)CC1. The topological polar surface area (TPSA) is 32.3 Å². The van der Waals surface area contributed by atoms with Gasteiger partial charge in [-0.2, -0.15) is 0 Å². The van der Waals surface area contributed by atoms with Gasteiger partial charge in [0.15, 0.2) is 0 Å². The molecule has 0 radical (unpaired) electrons. The van der Waals surface area contributed by atoms with E-state index in [-0.39, 0.29) is 11.8 Å². The van der Waals surface area contributed by atoms with Crippen LogP contribution in [0.4, 0.5) is 0 Å². The average molecular weight is 351 g/mol. The highest BCUT2D eigenvalue weighted by molar-refractivity contribution is 5.78.